The van der Waals surface area contributed by atoms with Crippen LogP contribution in [0.3, 0.4) is 0 Å². The fourth-order valence-corrected chi connectivity index (χ4v) is 3.46. The van der Waals surface area contributed by atoms with Crippen LogP contribution in [0.25, 0.3) is 11.3 Å². The molecule has 0 bridgehead atoms. The normalized spacial score (nSPS) is 16.2. The van der Waals surface area contributed by atoms with Crippen molar-refractivity contribution in [3.05, 3.63) is 41.1 Å². The molecule has 0 radical (unpaired) electrons. The Morgan fingerprint density at radius 1 is 1.29 bits per heavy atom. The van der Waals surface area contributed by atoms with E-state index in [9.17, 15) is 9.59 Å². The van der Waals surface area contributed by atoms with Crippen molar-refractivity contribution in [3.8, 4) is 11.3 Å². The smallest absolute Gasteiger partial charge is 0.227 e. The van der Waals surface area contributed by atoms with Gasteiger partial charge in [-0.2, -0.15) is 0 Å². The Kier molecular flexibility index (Phi) is 3.86. The lowest BCUT2D eigenvalue weighted by molar-refractivity contribution is -0.119. The summed E-state index contributed by atoms with van der Waals surface area (Å²) in [5, 5.41) is 0. The maximum Gasteiger partial charge on any atom is 0.227 e. The molecular formula is C20H24N2O2. The van der Waals surface area contributed by atoms with Crippen LogP contribution in [0.1, 0.15) is 55.2 Å². The molecule has 1 aliphatic rings. The van der Waals surface area contributed by atoms with Crippen LogP contribution in [0, 0.1) is 6.92 Å². The zero-order valence-electron chi connectivity index (χ0n) is 15.0. The molecule has 126 valence electrons. The van der Waals surface area contributed by atoms with Crippen LogP contribution in [-0.4, -0.2) is 23.7 Å². The molecule has 1 amide bonds. The van der Waals surface area contributed by atoms with Crippen LogP contribution < -0.4 is 4.90 Å². The molecule has 4 nitrogen and oxygen atoms in total. The maximum atomic E-state index is 12.2. The summed E-state index contributed by atoms with van der Waals surface area (Å²) in [6.07, 6.45) is 1.01. The molecule has 0 fully saturated rings. The lowest BCUT2D eigenvalue weighted by Crippen LogP contribution is -2.39. The number of aromatic amines is 1. The Hall–Kier alpha value is -2.36. The number of anilines is 1. The zero-order chi connectivity index (χ0) is 17.6. The van der Waals surface area contributed by atoms with E-state index in [4.69, 9.17) is 0 Å². The number of H-pyrrole nitrogens is 1. The predicted octanol–water partition coefficient (Wildman–Crippen LogP) is 4.23. The van der Waals surface area contributed by atoms with E-state index in [2.05, 4.69) is 24.9 Å². The standard InChI is InChI=1S/C20H24N2O2/c1-6-18(23)14-10-16(21-12(14)2)13-7-8-17-15(9-13)20(3,4)11-19(24)22(17)5/h7-10,21H,6,11H2,1-5H3. The van der Waals surface area contributed by atoms with Crippen molar-refractivity contribution >= 4 is 17.4 Å². The monoisotopic (exact) mass is 324 g/mol. The molecule has 0 unspecified atom stereocenters. The summed E-state index contributed by atoms with van der Waals surface area (Å²) in [6.45, 7) is 8.02. The number of nitrogens with one attached hydrogen (secondary N) is 1. The van der Waals surface area contributed by atoms with Crippen LogP contribution in [0.15, 0.2) is 24.3 Å². The fraction of sp³-hybridized carbons (Fsp3) is 0.400. The SMILES string of the molecule is CCC(=O)c1cc(-c2ccc3c(c2)C(C)(C)CC(=O)N3C)[nH]c1C. The molecule has 0 saturated heterocycles. The van der Waals surface area contributed by atoms with E-state index in [1.54, 1.807) is 4.90 Å². The molecule has 2 aromatic rings. The number of hydrogen-bond donors (Lipinski definition) is 1. The minimum absolute atomic E-state index is 0.145. The summed E-state index contributed by atoms with van der Waals surface area (Å²) in [5.74, 6) is 0.297. The highest BCUT2D eigenvalue weighted by molar-refractivity contribution is 5.99. The van der Waals surface area contributed by atoms with Crippen molar-refractivity contribution in [1.29, 1.82) is 0 Å². The lowest BCUT2D eigenvalue weighted by Gasteiger charge is -2.37. The van der Waals surface area contributed by atoms with Gasteiger partial charge in [-0.1, -0.05) is 26.8 Å². The average molecular weight is 324 g/mol. The Labute approximate surface area is 142 Å². The van der Waals surface area contributed by atoms with Crippen molar-refractivity contribution in [2.75, 3.05) is 11.9 Å². The van der Waals surface area contributed by atoms with Gasteiger partial charge < -0.3 is 9.88 Å². The summed E-state index contributed by atoms with van der Waals surface area (Å²) < 4.78 is 0. The van der Waals surface area contributed by atoms with E-state index in [0.29, 0.717) is 12.8 Å². The topological polar surface area (TPSA) is 53.2 Å². The molecule has 0 saturated carbocycles. The fourth-order valence-electron chi connectivity index (χ4n) is 3.46. The van der Waals surface area contributed by atoms with Gasteiger partial charge >= 0.3 is 0 Å². The first-order chi connectivity index (χ1) is 11.2. The highest BCUT2D eigenvalue weighted by Gasteiger charge is 2.35. The number of hydrogen-bond acceptors (Lipinski definition) is 2. The number of nitrogens with zero attached hydrogens (tertiary/aromatic N) is 1. The highest BCUT2D eigenvalue weighted by atomic mass is 16.2. The van der Waals surface area contributed by atoms with Gasteiger partial charge in [-0.25, -0.2) is 0 Å². The number of aromatic nitrogens is 1. The number of fused-ring (bicyclic) bond motifs is 1. The van der Waals surface area contributed by atoms with Crippen LogP contribution in [0.4, 0.5) is 5.69 Å². The molecule has 1 aliphatic heterocycles. The maximum absolute atomic E-state index is 12.2. The number of Topliss-reactive ketones (excluding diaryl/α,β-unsaturated/α-hetero) is 1. The third kappa shape index (κ3) is 2.56. The van der Waals surface area contributed by atoms with E-state index in [0.717, 1.165) is 33.8 Å². The van der Waals surface area contributed by atoms with Gasteiger partial charge in [-0.15, -0.1) is 0 Å². The second kappa shape index (κ2) is 5.62. The van der Waals surface area contributed by atoms with E-state index >= 15 is 0 Å². The Morgan fingerprint density at radius 2 is 2.00 bits per heavy atom. The number of aryl methyl sites for hydroxylation is 1. The first-order valence-corrected chi connectivity index (χ1v) is 8.39. The number of ketones is 1. The molecule has 1 N–H and O–H groups in total. The van der Waals surface area contributed by atoms with Crippen molar-refractivity contribution in [2.45, 2.75) is 46.0 Å². The number of carbonyl (C=O) groups is 2. The molecule has 4 heteroatoms. The zero-order valence-corrected chi connectivity index (χ0v) is 15.0. The Morgan fingerprint density at radius 3 is 2.67 bits per heavy atom. The van der Waals surface area contributed by atoms with Crippen molar-refractivity contribution in [2.24, 2.45) is 0 Å². The summed E-state index contributed by atoms with van der Waals surface area (Å²) in [7, 11) is 1.83. The molecule has 3 rings (SSSR count). The Balaban J connectivity index is 2.09. The summed E-state index contributed by atoms with van der Waals surface area (Å²) >= 11 is 0. The molecule has 0 atom stereocenters. The minimum Gasteiger partial charge on any atom is -0.358 e. The largest absolute Gasteiger partial charge is 0.358 e. The second-order valence-electron chi connectivity index (χ2n) is 7.24. The van der Waals surface area contributed by atoms with Gasteiger partial charge in [-0.05, 0) is 36.2 Å². The number of rotatable bonds is 3. The van der Waals surface area contributed by atoms with Gasteiger partial charge in [0.1, 0.15) is 0 Å². The van der Waals surface area contributed by atoms with Gasteiger partial charge in [0.05, 0.1) is 0 Å². The summed E-state index contributed by atoms with van der Waals surface area (Å²) in [5.41, 5.74) is 5.59. The van der Waals surface area contributed by atoms with Crippen LogP contribution >= 0.6 is 0 Å². The Bertz CT molecular complexity index is 830. The number of benzene rings is 1. The summed E-state index contributed by atoms with van der Waals surface area (Å²) in [4.78, 5) is 29.3. The first-order valence-electron chi connectivity index (χ1n) is 8.39. The van der Waals surface area contributed by atoms with Crippen LogP contribution in [-0.2, 0) is 10.2 Å². The van der Waals surface area contributed by atoms with Crippen molar-refractivity contribution in [3.63, 3.8) is 0 Å². The van der Waals surface area contributed by atoms with Crippen molar-refractivity contribution < 1.29 is 9.59 Å². The first kappa shape index (κ1) is 16.5. The van der Waals surface area contributed by atoms with Gasteiger partial charge in [0.15, 0.2) is 5.78 Å². The number of amides is 1. The van der Waals surface area contributed by atoms with E-state index < -0.39 is 0 Å². The molecule has 0 aliphatic carbocycles. The molecule has 24 heavy (non-hydrogen) atoms. The molecule has 1 aromatic heterocycles. The minimum atomic E-state index is -0.196. The van der Waals surface area contributed by atoms with Gasteiger partial charge in [0.2, 0.25) is 5.91 Å². The van der Waals surface area contributed by atoms with Gasteiger partial charge in [-0.3, -0.25) is 9.59 Å². The van der Waals surface area contributed by atoms with Gasteiger partial charge in [0.25, 0.3) is 0 Å². The van der Waals surface area contributed by atoms with Crippen LogP contribution in [0.2, 0.25) is 0 Å². The van der Waals surface area contributed by atoms with E-state index in [-0.39, 0.29) is 17.1 Å². The average Bonchev–Trinajstić information content (AvgIpc) is 2.93. The number of carbonyl (C=O) groups excluding carboxylic acids is 2. The third-order valence-electron chi connectivity index (χ3n) is 5.00. The van der Waals surface area contributed by atoms with Crippen LogP contribution in [0.5, 0.6) is 0 Å². The summed E-state index contributed by atoms with van der Waals surface area (Å²) in [6, 6.07) is 8.09. The van der Waals surface area contributed by atoms with Crippen molar-refractivity contribution in [1.82, 2.24) is 4.98 Å². The molecular weight excluding hydrogens is 300 g/mol. The third-order valence-corrected chi connectivity index (χ3v) is 5.00. The molecule has 1 aromatic carbocycles. The lowest BCUT2D eigenvalue weighted by atomic mass is 9.76. The van der Waals surface area contributed by atoms with Gasteiger partial charge in [0, 0.05) is 47.9 Å². The predicted molar refractivity (Wildman–Crippen MR) is 96.6 cm³/mol. The molecule has 0 spiro atoms. The van der Waals surface area contributed by atoms with E-state index in [1.807, 2.05) is 39.1 Å². The highest BCUT2D eigenvalue weighted by Crippen LogP contribution is 2.41. The molecule has 2 heterocycles. The van der Waals surface area contributed by atoms with E-state index in [1.165, 1.54) is 0 Å². The second-order valence-corrected chi connectivity index (χ2v) is 7.24. The quantitative estimate of drug-likeness (QED) is 0.859.